The highest BCUT2D eigenvalue weighted by Gasteiger charge is 2.32. The van der Waals surface area contributed by atoms with Gasteiger partial charge in [-0.1, -0.05) is 46.3 Å². The minimum Gasteiger partial charge on any atom is -0.468 e. The summed E-state index contributed by atoms with van der Waals surface area (Å²) in [7, 11) is 1.25. The summed E-state index contributed by atoms with van der Waals surface area (Å²) in [6.07, 6.45) is -1.32. The lowest BCUT2D eigenvalue weighted by Gasteiger charge is -2.32. The van der Waals surface area contributed by atoms with E-state index >= 15 is 0 Å². The number of halogens is 1. The van der Waals surface area contributed by atoms with Crippen molar-refractivity contribution in [3.63, 3.8) is 0 Å². The molecule has 0 fully saturated rings. The summed E-state index contributed by atoms with van der Waals surface area (Å²) in [5.74, 6) is -0.608. The van der Waals surface area contributed by atoms with Crippen LogP contribution in [0.25, 0.3) is 0 Å². The largest absolute Gasteiger partial charge is 0.468 e. The first-order valence-electron chi connectivity index (χ1n) is 9.69. The van der Waals surface area contributed by atoms with E-state index < -0.39 is 24.2 Å². The average molecular weight is 493 g/mol. The normalized spacial score (nSPS) is 11.2. The molecule has 0 bridgehead atoms. The Balaban J connectivity index is 2.65. The van der Waals surface area contributed by atoms with Gasteiger partial charge < -0.3 is 14.2 Å². The van der Waals surface area contributed by atoms with Gasteiger partial charge in [0.05, 0.1) is 26.4 Å². The number of benzene rings is 2. The highest BCUT2D eigenvalue weighted by atomic mass is 79.9. The molecule has 2 aromatic rings. The van der Waals surface area contributed by atoms with Gasteiger partial charge in [-0.3, -0.25) is 15.0 Å². The van der Waals surface area contributed by atoms with Gasteiger partial charge in [0.2, 0.25) is 0 Å². The van der Waals surface area contributed by atoms with E-state index in [0.29, 0.717) is 16.8 Å². The lowest BCUT2D eigenvalue weighted by Crippen LogP contribution is -2.40. The van der Waals surface area contributed by atoms with Gasteiger partial charge in [0.1, 0.15) is 6.54 Å². The van der Waals surface area contributed by atoms with Gasteiger partial charge in [0, 0.05) is 15.7 Å². The lowest BCUT2D eigenvalue weighted by molar-refractivity contribution is -0.142. The van der Waals surface area contributed by atoms with Gasteiger partial charge in [-0.25, -0.2) is 9.59 Å². The highest BCUT2D eigenvalue weighted by molar-refractivity contribution is 9.10. The Morgan fingerprint density at radius 3 is 2.32 bits per heavy atom. The van der Waals surface area contributed by atoms with Crippen LogP contribution >= 0.6 is 15.9 Å². The summed E-state index contributed by atoms with van der Waals surface area (Å²) in [6, 6.07) is 13.6. The number of rotatable bonds is 8. The van der Waals surface area contributed by atoms with Crippen LogP contribution in [0.1, 0.15) is 31.0 Å². The van der Waals surface area contributed by atoms with Gasteiger partial charge in [0.25, 0.3) is 0 Å². The van der Waals surface area contributed by atoms with Gasteiger partial charge in [-0.2, -0.15) is 0 Å². The first-order valence-corrected chi connectivity index (χ1v) is 10.5. The maximum atomic E-state index is 12.9. The Morgan fingerprint density at radius 1 is 1.03 bits per heavy atom. The van der Waals surface area contributed by atoms with E-state index in [1.807, 2.05) is 30.3 Å². The number of carbonyl (C=O) groups is 3. The Morgan fingerprint density at radius 2 is 1.71 bits per heavy atom. The number of ether oxygens (including phenoxy) is 3. The third kappa shape index (κ3) is 6.71. The van der Waals surface area contributed by atoms with Crippen molar-refractivity contribution in [1.29, 1.82) is 0 Å². The molecule has 0 radical (unpaired) electrons. The zero-order valence-corrected chi connectivity index (χ0v) is 19.2. The second kappa shape index (κ2) is 11.9. The number of nitrogens with zero attached hydrogens (tertiary/aromatic N) is 1. The second-order valence-corrected chi connectivity index (χ2v) is 7.21. The molecular formula is C22H25BrN2O6. The van der Waals surface area contributed by atoms with E-state index in [1.165, 1.54) is 12.0 Å². The fourth-order valence-corrected chi connectivity index (χ4v) is 3.36. The molecule has 2 rings (SSSR count). The maximum Gasteiger partial charge on any atom is 0.411 e. The van der Waals surface area contributed by atoms with E-state index in [9.17, 15) is 14.4 Å². The topological polar surface area (TPSA) is 94.2 Å². The van der Waals surface area contributed by atoms with Crippen LogP contribution in [-0.4, -0.2) is 49.9 Å². The van der Waals surface area contributed by atoms with Crippen molar-refractivity contribution in [2.24, 2.45) is 0 Å². The Labute approximate surface area is 189 Å². The highest BCUT2D eigenvalue weighted by Crippen LogP contribution is 2.36. The summed E-state index contributed by atoms with van der Waals surface area (Å²) in [5.41, 5.74) is 1.70. The molecule has 2 aromatic carbocycles. The van der Waals surface area contributed by atoms with Crippen molar-refractivity contribution in [3.05, 3.63) is 64.1 Å². The van der Waals surface area contributed by atoms with E-state index in [4.69, 9.17) is 14.2 Å². The van der Waals surface area contributed by atoms with E-state index in [0.717, 1.165) is 4.47 Å². The number of nitrogens with one attached hydrogen (secondary N) is 1. The molecule has 0 saturated heterocycles. The van der Waals surface area contributed by atoms with Gasteiger partial charge >= 0.3 is 18.2 Å². The zero-order valence-electron chi connectivity index (χ0n) is 17.6. The van der Waals surface area contributed by atoms with E-state index in [1.54, 1.807) is 32.0 Å². The molecule has 2 amide bonds. The fourth-order valence-electron chi connectivity index (χ4n) is 2.98. The lowest BCUT2D eigenvalue weighted by atomic mass is 9.95. The molecule has 1 atom stereocenters. The second-order valence-electron chi connectivity index (χ2n) is 6.29. The standard InChI is InChI=1S/C22H25BrN2O6/c1-4-30-21(27)24-18-12-11-16(23)13-17(18)20(15-9-7-6-8-10-15)25(14-19(26)29-3)22(28)31-5-2/h6-13,20H,4-5,14H2,1-3H3,(H,24,27)/t20-/m1/s1. The van der Waals surface area contributed by atoms with Crippen LogP contribution in [0.4, 0.5) is 15.3 Å². The number of esters is 1. The SMILES string of the molecule is CCOC(=O)Nc1ccc(Br)cc1[C@@H](c1ccccc1)N(CC(=O)OC)C(=O)OCC. The first-order chi connectivity index (χ1) is 14.9. The molecule has 0 spiro atoms. The fraction of sp³-hybridized carbons (Fsp3) is 0.318. The van der Waals surface area contributed by atoms with E-state index in [2.05, 4.69) is 21.2 Å². The molecule has 0 aliphatic carbocycles. The quantitative estimate of drug-likeness (QED) is 0.422. The molecule has 31 heavy (non-hydrogen) atoms. The third-order valence-electron chi connectivity index (χ3n) is 4.28. The van der Waals surface area contributed by atoms with Crippen LogP contribution in [0.15, 0.2) is 53.0 Å². The minimum absolute atomic E-state index is 0.129. The summed E-state index contributed by atoms with van der Waals surface area (Å²) >= 11 is 3.45. The number of anilines is 1. The molecule has 0 aromatic heterocycles. The number of carbonyl (C=O) groups excluding carboxylic acids is 3. The van der Waals surface area contributed by atoms with Crippen molar-refractivity contribution >= 4 is 39.8 Å². The number of amides is 2. The van der Waals surface area contributed by atoms with Crippen molar-refractivity contribution < 1.29 is 28.6 Å². The predicted molar refractivity (Wildman–Crippen MR) is 119 cm³/mol. The van der Waals surface area contributed by atoms with E-state index in [-0.39, 0.29) is 19.8 Å². The van der Waals surface area contributed by atoms with Crippen LogP contribution in [0.3, 0.4) is 0 Å². The van der Waals surface area contributed by atoms with Crippen molar-refractivity contribution in [3.8, 4) is 0 Å². The average Bonchev–Trinajstić information content (AvgIpc) is 2.76. The molecule has 0 heterocycles. The smallest absolute Gasteiger partial charge is 0.411 e. The van der Waals surface area contributed by atoms with Gasteiger partial charge in [0.15, 0.2) is 0 Å². The Hall–Kier alpha value is -3.07. The van der Waals surface area contributed by atoms with Crippen molar-refractivity contribution in [2.45, 2.75) is 19.9 Å². The Kier molecular flexibility index (Phi) is 9.33. The summed E-state index contributed by atoms with van der Waals surface area (Å²) < 4.78 is 15.7. The summed E-state index contributed by atoms with van der Waals surface area (Å²) in [6.45, 7) is 3.37. The molecule has 0 saturated carbocycles. The maximum absolute atomic E-state index is 12.9. The van der Waals surface area contributed by atoms with Crippen LogP contribution < -0.4 is 5.32 Å². The first kappa shape index (κ1) is 24.2. The number of hydrogen-bond acceptors (Lipinski definition) is 6. The molecular weight excluding hydrogens is 468 g/mol. The molecule has 8 nitrogen and oxygen atoms in total. The Bertz CT molecular complexity index is 906. The summed E-state index contributed by atoms with van der Waals surface area (Å²) in [4.78, 5) is 38.4. The summed E-state index contributed by atoms with van der Waals surface area (Å²) in [5, 5.41) is 2.71. The van der Waals surface area contributed by atoms with Crippen molar-refractivity contribution in [1.82, 2.24) is 4.90 Å². The molecule has 0 aliphatic heterocycles. The van der Waals surface area contributed by atoms with Crippen LogP contribution in [-0.2, 0) is 19.0 Å². The van der Waals surface area contributed by atoms with Crippen molar-refractivity contribution in [2.75, 3.05) is 32.2 Å². The van der Waals surface area contributed by atoms with Crippen LogP contribution in [0, 0.1) is 0 Å². The predicted octanol–water partition coefficient (Wildman–Crippen LogP) is 4.74. The van der Waals surface area contributed by atoms with Crippen LogP contribution in [0.5, 0.6) is 0 Å². The van der Waals surface area contributed by atoms with Gasteiger partial charge in [-0.15, -0.1) is 0 Å². The molecule has 166 valence electrons. The molecule has 0 aliphatic rings. The monoisotopic (exact) mass is 492 g/mol. The minimum atomic E-state index is -0.756. The van der Waals surface area contributed by atoms with Crippen LogP contribution in [0.2, 0.25) is 0 Å². The third-order valence-corrected chi connectivity index (χ3v) is 4.77. The van der Waals surface area contributed by atoms with Gasteiger partial charge in [-0.05, 0) is 37.6 Å². The molecule has 9 heteroatoms. The number of hydrogen-bond donors (Lipinski definition) is 1. The zero-order chi connectivity index (χ0) is 22.8. The molecule has 0 unspecified atom stereocenters. The molecule has 1 N–H and O–H groups in total. The number of methoxy groups -OCH3 is 1.